The molecule has 1 aliphatic rings. The lowest BCUT2D eigenvalue weighted by Crippen LogP contribution is -2.48. The zero-order chi connectivity index (χ0) is 18.4. The van der Waals surface area contributed by atoms with E-state index in [0.717, 1.165) is 42.7 Å². The summed E-state index contributed by atoms with van der Waals surface area (Å²) in [6.45, 7) is 8.12. The van der Waals surface area contributed by atoms with Crippen LogP contribution in [0.25, 0.3) is 0 Å². The Morgan fingerprint density at radius 2 is 1.84 bits per heavy atom. The highest BCUT2D eigenvalue weighted by Gasteiger charge is 2.20. The van der Waals surface area contributed by atoms with Gasteiger partial charge in [-0.05, 0) is 58.3 Å². The van der Waals surface area contributed by atoms with Crippen molar-refractivity contribution < 1.29 is 9.59 Å². The first-order chi connectivity index (χ1) is 11.9. The Kier molecular flexibility index (Phi) is 6.96. The molecule has 1 aromatic carbocycles. The molecule has 1 fully saturated rings. The summed E-state index contributed by atoms with van der Waals surface area (Å²) in [5.41, 5.74) is 4.06. The second kappa shape index (κ2) is 8.97. The molecular formula is C19H30N4O2. The normalized spacial score (nSPS) is 18.0. The SMILES string of the molecule is CNC1CCCN(CC(=O)NCC(=O)Nc2c(C)cc(C)cc2C)C1. The summed E-state index contributed by atoms with van der Waals surface area (Å²) >= 11 is 0. The predicted octanol–water partition coefficient (Wildman–Crippen LogP) is 1.35. The number of carbonyl (C=O) groups excluding carboxylic acids is 2. The lowest BCUT2D eigenvalue weighted by molar-refractivity contribution is -0.125. The number of rotatable bonds is 6. The van der Waals surface area contributed by atoms with E-state index >= 15 is 0 Å². The van der Waals surface area contributed by atoms with Crippen molar-refractivity contribution in [3.05, 3.63) is 28.8 Å². The summed E-state index contributed by atoms with van der Waals surface area (Å²) in [7, 11) is 1.95. The van der Waals surface area contributed by atoms with Gasteiger partial charge < -0.3 is 16.0 Å². The van der Waals surface area contributed by atoms with Crippen LogP contribution in [0, 0.1) is 20.8 Å². The van der Waals surface area contributed by atoms with Crippen LogP contribution in [0.1, 0.15) is 29.5 Å². The minimum atomic E-state index is -0.199. The number of carbonyl (C=O) groups is 2. The average molecular weight is 346 g/mol. The number of hydrogen-bond donors (Lipinski definition) is 3. The highest BCUT2D eigenvalue weighted by atomic mass is 16.2. The molecule has 0 aliphatic carbocycles. The second-order valence-electron chi connectivity index (χ2n) is 6.96. The first-order valence-corrected chi connectivity index (χ1v) is 8.93. The van der Waals surface area contributed by atoms with E-state index in [2.05, 4.69) is 20.9 Å². The summed E-state index contributed by atoms with van der Waals surface area (Å²) in [5, 5.41) is 8.89. The van der Waals surface area contributed by atoms with Crippen molar-refractivity contribution in [2.45, 2.75) is 39.7 Å². The van der Waals surface area contributed by atoms with Gasteiger partial charge in [0.2, 0.25) is 11.8 Å². The summed E-state index contributed by atoms with van der Waals surface area (Å²) in [6, 6.07) is 4.52. The van der Waals surface area contributed by atoms with Gasteiger partial charge >= 0.3 is 0 Å². The lowest BCUT2D eigenvalue weighted by atomic mass is 10.1. The Balaban J connectivity index is 1.79. The molecule has 6 nitrogen and oxygen atoms in total. The standard InChI is InChI=1S/C19H30N4O2/c1-13-8-14(2)19(15(3)9-13)22-17(24)10-21-18(25)12-23-7-5-6-16(11-23)20-4/h8-9,16,20H,5-7,10-12H2,1-4H3,(H,21,25)(H,22,24). The van der Waals surface area contributed by atoms with Crippen molar-refractivity contribution in [2.75, 3.05) is 38.5 Å². The summed E-state index contributed by atoms with van der Waals surface area (Å²) in [6.07, 6.45) is 2.23. The van der Waals surface area contributed by atoms with Crippen LogP contribution in [0.2, 0.25) is 0 Å². The number of amides is 2. The molecule has 1 saturated heterocycles. The van der Waals surface area contributed by atoms with Crippen molar-refractivity contribution in [1.29, 1.82) is 0 Å². The van der Waals surface area contributed by atoms with Crippen molar-refractivity contribution in [3.8, 4) is 0 Å². The van der Waals surface area contributed by atoms with E-state index < -0.39 is 0 Å². The van der Waals surface area contributed by atoms with Gasteiger partial charge in [0.15, 0.2) is 0 Å². The number of likely N-dealkylation sites (N-methyl/N-ethyl adjacent to an activating group) is 1. The number of benzene rings is 1. The molecule has 1 aromatic rings. The summed E-state index contributed by atoms with van der Waals surface area (Å²) < 4.78 is 0. The predicted molar refractivity (Wildman–Crippen MR) is 101 cm³/mol. The van der Waals surface area contributed by atoms with Gasteiger partial charge in [0.1, 0.15) is 0 Å². The number of hydrogen-bond acceptors (Lipinski definition) is 4. The van der Waals surface area contributed by atoms with E-state index in [1.54, 1.807) is 0 Å². The summed E-state index contributed by atoms with van der Waals surface area (Å²) in [4.78, 5) is 26.4. The quantitative estimate of drug-likeness (QED) is 0.727. The Morgan fingerprint density at radius 3 is 2.48 bits per heavy atom. The fourth-order valence-corrected chi connectivity index (χ4v) is 3.43. The minimum absolute atomic E-state index is 0.00507. The van der Waals surface area contributed by atoms with E-state index in [4.69, 9.17) is 0 Å². The van der Waals surface area contributed by atoms with E-state index in [0.29, 0.717) is 12.6 Å². The molecule has 138 valence electrons. The highest BCUT2D eigenvalue weighted by molar-refractivity contribution is 5.96. The zero-order valence-electron chi connectivity index (χ0n) is 15.7. The molecule has 1 atom stereocenters. The Labute approximate surface area is 150 Å². The molecule has 0 radical (unpaired) electrons. The van der Waals surface area contributed by atoms with Crippen LogP contribution in [-0.2, 0) is 9.59 Å². The monoisotopic (exact) mass is 346 g/mol. The molecule has 0 spiro atoms. The number of piperidine rings is 1. The maximum Gasteiger partial charge on any atom is 0.243 e. The fraction of sp³-hybridized carbons (Fsp3) is 0.579. The molecule has 25 heavy (non-hydrogen) atoms. The zero-order valence-corrected chi connectivity index (χ0v) is 15.7. The number of likely N-dealkylation sites (tertiary alicyclic amines) is 1. The van der Waals surface area contributed by atoms with Crippen molar-refractivity contribution in [1.82, 2.24) is 15.5 Å². The second-order valence-corrected chi connectivity index (χ2v) is 6.96. The van der Waals surface area contributed by atoms with E-state index in [-0.39, 0.29) is 18.4 Å². The van der Waals surface area contributed by atoms with Crippen molar-refractivity contribution >= 4 is 17.5 Å². The third kappa shape index (κ3) is 5.83. The van der Waals surface area contributed by atoms with Crippen LogP contribution in [0.4, 0.5) is 5.69 Å². The van der Waals surface area contributed by atoms with Gasteiger partial charge in [-0.1, -0.05) is 17.7 Å². The number of nitrogens with zero attached hydrogens (tertiary/aromatic N) is 1. The van der Waals surface area contributed by atoms with Crippen LogP contribution in [0.15, 0.2) is 12.1 Å². The van der Waals surface area contributed by atoms with Gasteiger partial charge in [-0.25, -0.2) is 0 Å². The van der Waals surface area contributed by atoms with Gasteiger partial charge in [-0.15, -0.1) is 0 Å². The summed E-state index contributed by atoms with van der Waals surface area (Å²) in [5.74, 6) is -0.306. The molecule has 1 heterocycles. The fourth-order valence-electron chi connectivity index (χ4n) is 3.43. The minimum Gasteiger partial charge on any atom is -0.346 e. The average Bonchev–Trinajstić information content (AvgIpc) is 2.56. The largest absolute Gasteiger partial charge is 0.346 e. The van der Waals surface area contributed by atoms with E-state index in [1.165, 1.54) is 5.56 Å². The van der Waals surface area contributed by atoms with Crippen LogP contribution < -0.4 is 16.0 Å². The Bertz CT molecular complexity index is 607. The lowest BCUT2D eigenvalue weighted by Gasteiger charge is -2.31. The Morgan fingerprint density at radius 1 is 1.16 bits per heavy atom. The van der Waals surface area contributed by atoms with Gasteiger partial charge in [-0.2, -0.15) is 0 Å². The number of aryl methyl sites for hydroxylation is 3. The number of nitrogens with one attached hydrogen (secondary N) is 3. The molecule has 0 aromatic heterocycles. The third-order valence-electron chi connectivity index (χ3n) is 4.67. The number of anilines is 1. The van der Waals surface area contributed by atoms with Crippen LogP contribution in [-0.4, -0.2) is 56.0 Å². The van der Waals surface area contributed by atoms with Gasteiger partial charge in [0, 0.05) is 18.3 Å². The van der Waals surface area contributed by atoms with Crippen molar-refractivity contribution in [3.63, 3.8) is 0 Å². The first kappa shape index (κ1) is 19.4. The molecule has 2 amide bonds. The molecule has 0 bridgehead atoms. The molecule has 3 N–H and O–H groups in total. The molecule has 1 aliphatic heterocycles. The Hall–Kier alpha value is -1.92. The highest BCUT2D eigenvalue weighted by Crippen LogP contribution is 2.21. The molecule has 2 rings (SSSR count). The van der Waals surface area contributed by atoms with E-state index in [9.17, 15) is 9.59 Å². The molecule has 6 heteroatoms. The molecule has 1 unspecified atom stereocenters. The maximum absolute atomic E-state index is 12.1. The van der Waals surface area contributed by atoms with Crippen molar-refractivity contribution in [2.24, 2.45) is 0 Å². The van der Waals surface area contributed by atoms with Gasteiger partial charge in [-0.3, -0.25) is 14.5 Å². The van der Waals surface area contributed by atoms with Gasteiger partial charge in [0.05, 0.1) is 13.1 Å². The topological polar surface area (TPSA) is 73.5 Å². The van der Waals surface area contributed by atoms with Crippen LogP contribution >= 0.6 is 0 Å². The van der Waals surface area contributed by atoms with Crippen LogP contribution in [0.5, 0.6) is 0 Å². The smallest absolute Gasteiger partial charge is 0.243 e. The first-order valence-electron chi connectivity index (χ1n) is 8.93. The van der Waals surface area contributed by atoms with E-state index in [1.807, 2.05) is 40.0 Å². The third-order valence-corrected chi connectivity index (χ3v) is 4.67. The maximum atomic E-state index is 12.1. The van der Waals surface area contributed by atoms with Gasteiger partial charge in [0.25, 0.3) is 0 Å². The molecule has 0 saturated carbocycles. The molecular weight excluding hydrogens is 316 g/mol. The van der Waals surface area contributed by atoms with Crippen LogP contribution in [0.3, 0.4) is 0 Å².